The lowest BCUT2D eigenvalue weighted by atomic mass is 10.2. The maximum absolute atomic E-state index is 12.6. The highest BCUT2D eigenvalue weighted by atomic mass is 35.5. The molecule has 1 atom stereocenters. The predicted octanol–water partition coefficient (Wildman–Crippen LogP) is 1.75. The number of aromatic nitrogens is 1. The number of hydrogen-bond donors (Lipinski definition) is 1. The third kappa shape index (κ3) is 3.61. The number of pyridine rings is 1. The van der Waals surface area contributed by atoms with E-state index in [9.17, 15) is 18.0 Å². The zero-order chi connectivity index (χ0) is 16.5. The minimum Gasteiger partial charge on any atom is -0.368 e. The van der Waals surface area contributed by atoms with Crippen molar-refractivity contribution in [1.29, 1.82) is 0 Å². The average molecular weight is 337 g/mol. The zero-order valence-corrected chi connectivity index (χ0v) is 12.7. The molecule has 22 heavy (non-hydrogen) atoms. The molecule has 0 radical (unpaired) electrons. The molecule has 9 heteroatoms. The topological polar surface area (TPSA) is 62.5 Å². The molecule has 0 aromatic carbocycles. The summed E-state index contributed by atoms with van der Waals surface area (Å²) >= 11 is 5.93. The first-order valence-electron chi connectivity index (χ1n) is 6.71. The minimum absolute atomic E-state index is 0.0359. The van der Waals surface area contributed by atoms with Crippen molar-refractivity contribution in [2.24, 2.45) is 5.73 Å². The van der Waals surface area contributed by atoms with Gasteiger partial charge < -0.3 is 10.6 Å². The first-order valence-corrected chi connectivity index (χ1v) is 7.09. The summed E-state index contributed by atoms with van der Waals surface area (Å²) in [7, 11) is 0. The van der Waals surface area contributed by atoms with E-state index in [4.69, 9.17) is 17.3 Å². The second-order valence-electron chi connectivity index (χ2n) is 5.13. The summed E-state index contributed by atoms with van der Waals surface area (Å²) in [5.74, 6) is -0.0832. The number of carbonyl (C=O) groups excluding carboxylic acids is 1. The van der Waals surface area contributed by atoms with Crippen molar-refractivity contribution in [3.05, 3.63) is 22.8 Å². The maximum atomic E-state index is 12.6. The van der Waals surface area contributed by atoms with Gasteiger partial charge in [-0.2, -0.15) is 13.2 Å². The van der Waals surface area contributed by atoms with Gasteiger partial charge in [-0.3, -0.25) is 9.69 Å². The largest absolute Gasteiger partial charge is 0.417 e. The number of anilines is 1. The quantitative estimate of drug-likeness (QED) is 0.913. The standard InChI is InChI=1S/C13H16ClF3N4O/c1-8(11(18)22)20-2-4-21(5-3-20)12-10(14)6-9(7-19-12)13(15,16)17/h6-8H,2-5H2,1H3,(H2,18,22). The lowest BCUT2D eigenvalue weighted by Crippen LogP contribution is -2.53. The number of rotatable bonds is 3. The van der Waals surface area contributed by atoms with Crippen LogP contribution in [0.4, 0.5) is 19.0 Å². The number of alkyl halides is 3. The Balaban J connectivity index is 2.07. The monoisotopic (exact) mass is 336 g/mol. The van der Waals surface area contributed by atoms with Crippen LogP contribution in [0.3, 0.4) is 0 Å². The molecule has 0 aliphatic carbocycles. The summed E-state index contributed by atoms with van der Waals surface area (Å²) in [4.78, 5) is 18.7. The molecule has 1 unspecified atom stereocenters. The predicted molar refractivity (Wildman–Crippen MR) is 76.7 cm³/mol. The Morgan fingerprint density at radius 2 is 1.95 bits per heavy atom. The van der Waals surface area contributed by atoms with Crippen LogP contribution in [0, 0.1) is 0 Å². The van der Waals surface area contributed by atoms with Crippen LogP contribution >= 0.6 is 11.6 Å². The van der Waals surface area contributed by atoms with Crippen molar-refractivity contribution < 1.29 is 18.0 Å². The van der Waals surface area contributed by atoms with Crippen molar-refractivity contribution in [2.45, 2.75) is 19.1 Å². The number of nitrogens with zero attached hydrogens (tertiary/aromatic N) is 3. The Morgan fingerprint density at radius 1 is 1.36 bits per heavy atom. The van der Waals surface area contributed by atoms with Gasteiger partial charge in [-0.1, -0.05) is 11.6 Å². The lowest BCUT2D eigenvalue weighted by Gasteiger charge is -2.37. The number of primary amides is 1. The van der Waals surface area contributed by atoms with E-state index in [1.165, 1.54) is 0 Å². The van der Waals surface area contributed by atoms with E-state index in [0.717, 1.165) is 12.3 Å². The van der Waals surface area contributed by atoms with Gasteiger partial charge in [0.05, 0.1) is 16.6 Å². The summed E-state index contributed by atoms with van der Waals surface area (Å²) in [5, 5.41) is -0.0359. The van der Waals surface area contributed by atoms with E-state index < -0.39 is 17.6 Å². The SMILES string of the molecule is CC(C(N)=O)N1CCN(c2ncc(C(F)(F)F)cc2Cl)CC1. The number of hydrogen-bond acceptors (Lipinski definition) is 4. The van der Waals surface area contributed by atoms with Gasteiger partial charge in [0, 0.05) is 32.4 Å². The molecule has 1 saturated heterocycles. The summed E-state index contributed by atoms with van der Waals surface area (Å²) in [6.45, 7) is 3.86. The number of nitrogens with two attached hydrogens (primary N) is 1. The summed E-state index contributed by atoms with van der Waals surface area (Å²) in [6, 6.07) is 0.501. The minimum atomic E-state index is -4.47. The van der Waals surface area contributed by atoms with Gasteiger partial charge in [0.15, 0.2) is 0 Å². The number of halogens is 4. The van der Waals surface area contributed by atoms with Crippen molar-refractivity contribution in [3.63, 3.8) is 0 Å². The molecule has 122 valence electrons. The van der Waals surface area contributed by atoms with Crippen molar-refractivity contribution in [2.75, 3.05) is 31.1 Å². The molecular formula is C13H16ClF3N4O. The van der Waals surface area contributed by atoms with Gasteiger partial charge in [-0.05, 0) is 13.0 Å². The number of amides is 1. The average Bonchev–Trinajstić information content (AvgIpc) is 2.45. The molecule has 0 spiro atoms. The lowest BCUT2D eigenvalue weighted by molar-refractivity contribution is -0.137. The van der Waals surface area contributed by atoms with Gasteiger partial charge in [-0.15, -0.1) is 0 Å². The Labute approximate surface area is 130 Å². The summed E-state index contributed by atoms with van der Waals surface area (Å²) in [5.41, 5.74) is 4.39. The first kappa shape index (κ1) is 16.8. The smallest absolute Gasteiger partial charge is 0.368 e. The molecule has 2 N–H and O–H groups in total. The number of carbonyl (C=O) groups is 1. The number of piperazine rings is 1. The van der Waals surface area contributed by atoms with E-state index >= 15 is 0 Å². The molecule has 2 rings (SSSR count). The molecule has 1 aromatic rings. The van der Waals surface area contributed by atoms with Crippen molar-refractivity contribution >= 4 is 23.3 Å². The fourth-order valence-corrected chi connectivity index (χ4v) is 2.61. The molecule has 2 heterocycles. The van der Waals surface area contributed by atoms with Crippen LogP contribution in [0.5, 0.6) is 0 Å². The van der Waals surface area contributed by atoms with Crippen molar-refractivity contribution in [1.82, 2.24) is 9.88 Å². The van der Waals surface area contributed by atoms with Gasteiger partial charge in [0.2, 0.25) is 5.91 Å². The van der Waals surface area contributed by atoms with Crippen LogP contribution < -0.4 is 10.6 Å². The summed E-state index contributed by atoms with van der Waals surface area (Å²) < 4.78 is 37.8. The second kappa shape index (κ2) is 6.29. The van der Waals surface area contributed by atoms with Gasteiger partial charge in [0.25, 0.3) is 0 Å². The summed E-state index contributed by atoms with van der Waals surface area (Å²) in [6.07, 6.45) is -3.69. The van der Waals surface area contributed by atoms with Crippen LogP contribution in [0.2, 0.25) is 5.02 Å². The van der Waals surface area contributed by atoms with Gasteiger partial charge in [0.1, 0.15) is 5.82 Å². The fraction of sp³-hybridized carbons (Fsp3) is 0.538. The van der Waals surface area contributed by atoms with Crippen LogP contribution in [-0.4, -0.2) is 48.0 Å². The molecule has 1 fully saturated rings. The highest BCUT2D eigenvalue weighted by Crippen LogP contribution is 2.33. The fourth-order valence-electron chi connectivity index (χ4n) is 2.32. The Bertz CT molecular complexity index is 559. The molecule has 1 aromatic heterocycles. The maximum Gasteiger partial charge on any atom is 0.417 e. The Kier molecular flexibility index (Phi) is 4.81. The van der Waals surface area contributed by atoms with Crippen LogP contribution in [0.15, 0.2) is 12.3 Å². The molecule has 1 amide bonds. The molecule has 0 bridgehead atoms. The van der Waals surface area contributed by atoms with E-state index in [1.807, 2.05) is 4.90 Å². The molecule has 1 aliphatic heterocycles. The molecular weight excluding hydrogens is 321 g/mol. The first-order chi connectivity index (χ1) is 10.2. The zero-order valence-electron chi connectivity index (χ0n) is 11.9. The third-order valence-electron chi connectivity index (χ3n) is 3.72. The molecule has 5 nitrogen and oxygen atoms in total. The normalized spacial score (nSPS) is 18.3. The Morgan fingerprint density at radius 3 is 2.41 bits per heavy atom. The third-order valence-corrected chi connectivity index (χ3v) is 4.00. The van der Waals surface area contributed by atoms with Crippen LogP contribution in [0.1, 0.15) is 12.5 Å². The van der Waals surface area contributed by atoms with Crippen LogP contribution in [-0.2, 0) is 11.0 Å². The Hall–Kier alpha value is -1.54. The molecule has 0 saturated carbocycles. The molecule has 1 aliphatic rings. The van der Waals surface area contributed by atoms with Gasteiger partial charge >= 0.3 is 6.18 Å². The van der Waals surface area contributed by atoms with E-state index in [-0.39, 0.29) is 11.1 Å². The van der Waals surface area contributed by atoms with Crippen molar-refractivity contribution in [3.8, 4) is 0 Å². The van der Waals surface area contributed by atoms with Crippen LogP contribution in [0.25, 0.3) is 0 Å². The highest BCUT2D eigenvalue weighted by molar-refractivity contribution is 6.33. The second-order valence-corrected chi connectivity index (χ2v) is 5.54. The van der Waals surface area contributed by atoms with E-state index in [1.54, 1.807) is 11.8 Å². The van der Waals surface area contributed by atoms with E-state index in [2.05, 4.69) is 4.98 Å². The van der Waals surface area contributed by atoms with E-state index in [0.29, 0.717) is 32.0 Å². The highest BCUT2D eigenvalue weighted by Gasteiger charge is 2.32. The van der Waals surface area contributed by atoms with Gasteiger partial charge in [-0.25, -0.2) is 4.98 Å².